The van der Waals surface area contributed by atoms with E-state index in [1.165, 1.54) is 13.2 Å². The minimum Gasteiger partial charge on any atom is -0.497 e. The topological polar surface area (TPSA) is 98.1 Å². The maximum atomic E-state index is 12.2. The van der Waals surface area contributed by atoms with E-state index in [9.17, 15) is 14.9 Å². The number of hydrogen-bond acceptors (Lipinski definition) is 5. The quantitative estimate of drug-likeness (QED) is 0.587. The molecule has 7 nitrogen and oxygen atoms in total. The average Bonchev–Trinajstić information content (AvgIpc) is 2.54. The van der Waals surface area contributed by atoms with Crippen molar-refractivity contribution in [3.63, 3.8) is 0 Å². The molecule has 3 rings (SSSR count). The fraction of sp³-hybridized carbons (Fsp3) is 0.176. The number of aryl methyl sites for hydroxylation is 1. The molecule has 0 radical (unpaired) electrons. The molecule has 0 aliphatic rings. The van der Waals surface area contributed by atoms with Crippen LogP contribution in [-0.4, -0.2) is 22.0 Å². The van der Waals surface area contributed by atoms with Gasteiger partial charge in [-0.25, -0.2) is 4.98 Å². The number of H-pyrrole nitrogens is 1. The van der Waals surface area contributed by atoms with Crippen LogP contribution in [0.2, 0.25) is 0 Å². The summed E-state index contributed by atoms with van der Waals surface area (Å²) in [6.45, 7) is 1.68. The summed E-state index contributed by atoms with van der Waals surface area (Å²) in [5.74, 6) is 1.10. The summed E-state index contributed by atoms with van der Waals surface area (Å²) in [6.07, 6.45) is 0.385. The zero-order valence-electron chi connectivity index (χ0n) is 13.2. The first kappa shape index (κ1) is 15.7. The first-order valence-corrected chi connectivity index (χ1v) is 7.29. The van der Waals surface area contributed by atoms with Crippen molar-refractivity contribution in [2.45, 2.75) is 13.3 Å². The highest BCUT2D eigenvalue weighted by molar-refractivity contribution is 5.79. The fourth-order valence-corrected chi connectivity index (χ4v) is 2.60. The van der Waals surface area contributed by atoms with E-state index in [-0.39, 0.29) is 11.2 Å². The van der Waals surface area contributed by atoms with Crippen LogP contribution in [0.25, 0.3) is 10.9 Å². The van der Waals surface area contributed by atoms with E-state index in [1.807, 2.05) is 0 Å². The van der Waals surface area contributed by atoms with Crippen LogP contribution in [0.15, 0.2) is 41.2 Å². The lowest BCUT2D eigenvalue weighted by Crippen LogP contribution is -2.12. The minimum atomic E-state index is -0.414. The van der Waals surface area contributed by atoms with Crippen LogP contribution < -0.4 is 10.3 Å². The van der Waals surface area contributed by atoms with Gasteiger partial charge in [0.2, 0.25) is 0 Å². The number of rotatable bonds is 4. The van der Waals surface area contributed by atoms with Gasteiger partial charge in [0, 0.05) is 18.1 Å². The van der Waals surface area contributed by atoms with Crippen LogP contribution in [0.5, 0.6) is 5.75 Å². The lowest BCUT2D eigenvalue weighted by molar-refractivity contribution is -0.385. The Hall–Kier alpha value is -3.22. The van der Waals surface area contributed by atoms with E-state index in [4.69, 9.17) is 4.74 Å². The van der Waals surface area contributed by atoms with E-state index < -0.39 is 4.92 Å². The number of hydrogen-bond donors (Lipinski definition) is 1. The van der Waals surface area contributed by atoms with E-state index in [1.54, 1.807) is 37.3 Å². The van der Waals surface area contributed by atoms with E-state index in [0.717, 1.165) is 5.56 Å². The second kappa shape index (κ2) is 6.11. The number of nitro groups is 1. The molecule has 1 aromatic heterocycles. The van der Waals surface area contributed by atoms with Crippen LogP contribution in [0, 0.1) is 17.0 Å². The van der Waals surface area contributed by atoms with Gasteiger partial charge in [-0.2, -0.15) is 0 Å². The van der Waals surface area contributed by atoms with Gasteiger partial charge in [0.1, 0.15) is 11.6 Å². The van der Waals surface area contributed by atoms with Crippen LogP contribution in [0.3, 0.4) is 0 Å². The lowest BCUT2D eigenvalue weighted by Gasteiger charge is -2.06. The predicted octanol–water partition coefficient (Wildman–Crippen LogP) is 2.74. The molecule has 0 saturated carbocycles. The number of nitro benzene ring substituents is 1. The molecule has 1 N–H and O–H groups in total. The van der Waals surface area contributed by atoms with Crippen LogP contribution in [0.4, 0.5) is 5.69 Å². The highest BCUT2D eigenvalue weighted by Crippen LogP contribution is 2.20. The smallest absolute Gasteiger partial charge is 0.272 e. The zero-order chi connectivity index (χ0) is 17.3. The molecule has 122 valence electrons. The number of aromatic nitrogens is 2. The Kier molecular flexibility index (Phi) is 3.99. The maximum absolute atomic E-state index is 12.2. The Morgan fingerprint density at radius 3 is 2.71 bits per heavy atom. The summed E-state index contributed by atoms with van der Waals surface area (Å²) in [6, 6.07) is 9.98. The molecule has 0 aliphatic carbocycles. The SMILES string of the molecule is COc1ccc2nc(Cc3ccc([N+](=O)[O-])c(C)c3)[nH]c(=O)c2c1. The summed E-state index contributed by atoms with van der Waals surface area (Å²) >= 11 is 0. The molecule has 2 aromatic carbocycles. The molecule has 0 fully saturated rings. The van der Waals surface area contributed by atoms with Gasteiger partial charge in [-0.1, -0.05) is 6.07 Å². The normalized spacial score (nSPS) is 10.8. The Bertz CT molecular complexity index is 995. The fourth-order valence-electron chi connectivity index (χ4n) is 2.60. The summed E-state index contributed by atoms with van der Waals surface area (Å²) in [4.78, 5) is 29.9. The van der Waals surface area contributed by atoms with E-state index >= 15 is 0 Å². The van der Waals surface area contributed by atoms with Crippen molar-refractivity contribution in [1.82, 2.24) is 9.97 Å². The van der Waals surface area contributed by atoms with Gasteiger partial charge in [-0.05, 0) is 36.8 Å². The number of nitrogens with zero attached hydrogens (tertiary/aromatic N) is 2. The Labute approximate surface area is 137 Å². The third kappa shape index (κ3) is 2.96. The summed E-state index contributed by atoms with van der Waals surface area (Å²) in [7, 11) is 1.54. The summed E-state index contributed by atoms with van der Waals surface area (Å²) in [5, 5.41) is 11.3. The number of methoxy groups -OCH3 is 1. The molecule has 0 spiro atoms. The Balaban J connectivity index is 1.97. The van der Waals surface area contributed by atoms with Crippen LogP contribution in [0.1, 0.15) is 17.0 Å². The summed E-state index contributed by atoms with van der Waals surface area (Å²) < 4.78 is 5.11. The van der Waals surface area contributed by atoms with Crippen LogP contribution in [-0.2, 0) is 6.42 Å². The predicted molar refractivity (Wildman–Crippen MR) is 89.6 cm³/mol. The van der Waals surface area contributed by atoms with Gasteiger partial charge in [-0.3, -0.25) is 14.9 Å². The molecule has 24 heavy (non-hydrogen) atoms. The van der Waals surface area contributed by atoms with Gasteiger partial charge in [0.25, 0.3) is 11.2 Å². The average molecular weight is 325 g/mol. The number of fused-ring (bicyclic) bond motifs is 1. The first-order valence-electron chi connectivity index (χ1n) is 7.29. The molecule has 7 heteroatoms. The maximum Gasteiger partial charge on any atom is 0.272 e. The van der Waals surface area contributed by atoms with Crippen molar-refractivity contribution < 1.29 is 9.66 Å². The van der Waals surface area contributed by atoms with Crippen molar-refractivity contribution in [2.24, 2.45) is 0 Å². The molecule has 3 aromatic rings. The number of ether oxygens (including phenoxy) is 1. The number of benzene rings is 2. The molecular weight excluding hydrogens is 310 g/mol. The number of nitrogens with one attached hydrogen (secondary N) is 1. The molecule has 0 atom stereocenters. The molecule has 0 amide bonds. The van der Waals surface area contributed by atoms with Gasteiger partial charge in [0.05, 0.1) is 22.9 Å². The molecule has 1 heterocycles. The van der Waals surface area contributed by atoms with Crippen molar-refractivity contribution in [3.05, 3.63) is 73.8 Å². The Morgan fingerprint density at radius 1 is 1.25 bits per heavy atom. The minimum absolute atomic E-state index is 0.0748. The second-order valence-corrected chi connectivity index (χ2v) is 5.45. The van der Waals surface area contributed by atoms with Crippen molar-refractivity contribution in [1.29, 1.82) is 0 Å². The summed E-state index contributed by atoms with van der Waals surface area (Å²) in [5.41, 5.74) is 1.83. The highest BCUT2D eigenvalue weighted by Gasteiger charge is 2.11. The monoisotopic (exact) mass is 325 g/mol. The molecular formula is C17H15N3O4. The van der Waals surface area contributed by atoms with Gasteiger partial charge < -0.3 is 9.72 Å². The van der Waals surface area contributed by atoms with Gasteiger partial charge in [-0.15, -0.1) is 0 Å². The molecule has 0 unspecified atom stereocenters. The van der Waals surface area contributed by atoms with Crippen LogP contribution >= 0.6 is 0 Å². The molecule has 0 saturated heterocycles. The second-order valence-electron chi connectivity index (χ2n) is 5.45. The Morgan fingerprint density at radius 2 is 2.04 bits per heavy atom. The largest absolute Gasteiger partial charge is 0.497 e. The van der Waals surface area contributed by atoms with Crippen molar-refractivity contribution >= 4 is 16.6 Å². The zero-order valence-corrected chi connectivity index (χ0v) is 13.2. The third-order valence-corrected chi connectivity index (χ3v) is 3.79. The third-order valence-electron chi connectivity index (χ3n) is 3.79. The van der Waals surface area contributed by atoms with Gasteiger partial charge in [0.15, 0.2) is 0 Å². The molecule has 0 aliphatic heterocycles. The first-order chi connectivity index (χ1) is 11.5. The molecule has 0 bridgehead atoms. The van der Waals surface area contributed by atoms with Gasteiger partial charge >= 0.3 is 0 Å². The van der Waals surface area contributed by atoms with E-state index in [0.29, 0.717) is 34.5 Å². The highest BCUT2D eigenvalue weighted by atomic mass is 16.6. The lowest BCUT2D eigenvalue weighted by atomic mass is 10.1. The van der Waals surface area contributed by atoms with Crippen molar-refractivity contribution in [2.75, 3.05) is 7.11 Å². The van der Waals surface area contributed by atoms with Crippen molar-refractivity contribution in [3.8, 4) is 5.75 Å². The number of aromatic amines is 1. The van der Waals surface area contributed by atoms with E-state index in [2.05, 4.69) is 9.97 Å². The standard InChI is InChI=1S/C17H15N3O4/c1-10-7-11(3-6-15(10)20(22)23)8-16-18-14-5-4-12(24-2)9-13(14)17(21)19-16/h3-7,9H,8H2,1-2H3,(H,18,19,21).